The van der Waals surface area contributed by atoms with Crippen molar-refractivity contribution >= 4 is 27.3 Å². The van der Waals surface area contributed by atoms with Crippen LogP contribution in [-0.4, -0.2) is 45.8 Å². The van der Waals surface area contributed by atoms with E-state index in [0.717, 1.165) is 54.9 Å². The van der Waals surface area contributed by atoms with Gasteiger partial charge in [0.05, 0.1) is 16.1 Å². The van der Waals surface area contributed by atoms with Crippen molar-refractivity contribution in [1.82, 2.24) is 4.31 Å². The average molecular weight is 423 g/mol. The lowest BCUT2D eigenvalue weighted by molar-refractivity contribution is 0.102. The second-order valence-corrected chi connectivity index (χ2v) is 9.24. The highest BCUT2D eigenvalue weighted by molar-refractivity contribution is 7.89. The molecular formula is C20H23F2N3O3S. The Hall–Kier alpha value is -2.52. The highest BCUT2D eigenvalue weighted by Crippen LogP contribution is 2.29. The number of carbonyl (C=O) groups is 1. The molecule has 0 bridgehead atoms. The Kier molecular flexibility index (Phi) is 6.18. The van der Waals surface area contributed by atoms with Gasteiger partial charge in [0.25, 0.3) is 5.91 Å². The number of hydrogen-bond acceptors (Lipinski definition) is 4. The van der Waals surface area contributed by atoms with E-state index in [1.54, 1.807) is 6.07 Å². The minimum absolute atomic E-state index is 0.0480. The molecule has 1 aliphatic rings. The van der Waals surface area contributed by atoms with Crippen LogP contribution in [0.15, 0.2) is 41.3 Å². The van der Waals surface area contributed by atoms with Gasteiger partial charge in [-0.3, -0.25) is 4.79 Å². The number of nitrogens with one attached hydrogen (secondary N) is 1. The molecule has 1 amide bonds. The van der Waals surface area contributed by atoms with Gasteiger partial charge in [-0.2, -0.15) is 0 Å². The summed E-state index contributed by atoms with van der Waals surface area (Å²) in [6, 6.07) is 7.09. The molecule has 1 N–H and O–H groups in total. The van der Waals surface area contributed by atoms with Gasteiger partial charge in [-0.25, -0.2) is 21.5 Å². The Morgan fingerprint density at radius 1 is 1.03 bits per heavy atom. The van der Waals surface area contributed by atoms with Crippen molar-refractivity contribution in [2.45, 2.75) is 24.2 Å². The number of sulfonamides is 1. The van der Waals surface area contributed by atoms with Crippen LogP contribution in [0.2, 0.25) is 0 Å². The molecule has 2 aromatic carbocycles. The van der Waals surface area contributed by atoms with Crippen LogP contribution < -0.4 is 10.2 Å². The van der Waals surface area contributed by atoms with E-state index >= 15 is 0 Å². The van der Waals surface area contributed by atoms with Crippen LogP contribution in [-0.2, 0) is 10.0 Å². The number of benzene rings is 2. The molecule has 0 saturated carbocycles. The fourth-order valence-electron chi connectivity index (χ4n) is 3.26. The maximum absolute atomic E-state index is 14.0. The lowest BCUT2D eigenvalue weighted by atomic mass is 10.1. The first-order chi connectivity index (χ1) is 13.7. The Balaban J connectivity index is 2.04. The normalized spacial score (nSPS) is 14.9. The molecule has 0 unspecified atom stereocenters. The molecule has 2 aromatic rings. The zero-order valence-corrected chi connectivity index (χ0v) is 17.1. The first kappa shape index (κ1) is 21.2. The molecule has 1 fully saturated rings. The number of carbonyl (C=O) groups excluding carboxylic acids is 1. The van der Waals surface area contributed by atoms with E-state index in [4.69, 9.17) is 0 Å². The standard InChI is InChI=1S/C20H23F2N3O3S/c1-24(2)29(27,28)15-7-9-19(25-10-4-3-5-11-25)16(13-15)20(26)23-18-12-14(21)6-8-17(18)22/h6-9,12-13H,3-5,10-11H2,1-2H3,(H,23,26). The van der Waals surface area contributed by atoms with Crippen LogP contribution in [0.3, 0.4) is 0 Å². The van der Waals surface area contributed by atoms with Crippen molar-refractivity contribution in [3.63, 3.8) is 0 Å². The third-order valence-corrected chi connectivity index (χ3v) is 6.68. The molecule has 1 saturated heterocycles. The second-order valence-electron chi connectivity index (χ2n) is 7.09. The summed E-state index contributed by atoms with van der Waals surface area (Å²) in [5, 5.41) is 2.37. The summed E-state index contributed by atoms with van der Waals surface area (Å²) in [5.74, 6) is -2.18. The lowest BCUT2D eigenvalue weighted by Gasteiger charge is -2.30. The molecule has 29 heavy (non-hydrogen) atoms. The largest absolute Gasteiger partial charge is 0.371 e. The van der Waals surface area contributed by atoms with Gasteiger partial charge < -0.3 is 10.2 Å². The SMILES string of the molecule is CN(C)S(=O)(=O)c1ccc(N2CCCCC2)c(C(=O)Nc2cc(F)ccc2F)c1. The van der Waals surface area contributed by atoms with Gasteiger partial charge in [0.2, 0.25) is 10.0 Å². The quantitative estimate of drug-likeness (QED) is 0.800. The molecule has 0 aromatic heterocycles. The predicted molar refractivity (Wildman–Crippen MR) is 108 cm³/mol. The zero-order chi connectivity index (χ0) is 21.2. The van der Waals surface area contributed by atoms with Gasteiger partial charge in [-0.05, 0) is 49.6 Å². The van der Waals surface area contributed by atoms with E-state index in [9.17, 15) is 22.0 Å². The van der Waals surface area contributed by atoms with E-state index in [-0.39, 0.29) is 16.1 Å². The fourth-order valence-corrected chi connectivity index (χ4v) is 4.19. The maximum Gasteiger partial charge on any atom is 0.257 e. The van der Waals surface area contributed by atoms with Crippen LogP contribution in [0.4, 0.5) is 20.2 Å². The molecule has 0 radical (unpaired) electrons. The minimum atomic E-state index is -3.77. The van der Waals surface area contributed by atoms with E-state index in [1.165, 1.54) is 26.2 Å². The number of amides is 1. The second kappa shape index (κ2) is 8.46. The molecule has 0 spiro atoms. The third kappa shape index (κ3) is 4.56. The smallest absolute Gasteiger partial charge is 0.257 e. The predicted octanol–water partition coefficient (Wildman–Crippen LogP) is 3.46. The number of nitrogens with zero attached hydrogens (tertiary/aromatic N) is 2. The van der Waals surface area contributed by atoms with Crippen LogP contribution in [0, 0.1) is 11.6 Å². The van der Waals surface area contributed by atoms with Crippen molar-refractivity contribution in [3.8, 4) is 0 Å². The first-order valence-electron chi connectivity index (χ1n) is 9.28. The monoisotopic (exact) mass is 423 g/mol. The topological polar surface area (TPSA) is 69.7 Å². The van der Waals surface area contributed by atoms with Gasteiger partial charge in [-0.15, -0.1) is 0 Å². The molecule has 1 aliphatic heterocycles. The van der Waals surface area contributed by atoms with E-state index in [0.29, 0.717) is 5.69 Å². The zero-order valence-electron chi connectivity index (χ0n) is 16.3. The lowest BCUT2D eigenvalue weighted by Crippen LogP contribution is -2.32. The first-order valence-corrected chi connectivity index (χ1v) is 10.7. The van der Waals surface area contributed by atoms with E-state index < -0.39 is 27.6 Å². The minimum Gasteiger partial charge on any atom is -0.371 e. The number of rotatable bonds is 5. The van der Waals surface area contributed by atoms with Crippen LogP contribution >= 0.6 is 0 Å². The fraction of sp³-hybridized carbons (Fsp3) is 0.350. The number of anilines is 2. The Bertz CT molecular complexity index is 1020. The van der Waals surface area contributed by atoms with Crippen LogP contribution in [0.25, 0.3) is 0 Å². The summed E-state index contributed by atoms with van der Waals surface area (Å²) >= 11 is 0. The molecule has 156 valence electrons. The summed E-state index contributed by atoms with van der Waals surface area (Å²) in [7, 11) is -0.970. The van der Waals surface area contributed by atoms with Crippen molar-refractivity contribution in [2.24, 2.45) is 0 Å². The third-order valence-electron chi connectivity index (χ3n) is 4.86. The molecule has 9 heteroatoms. The summed E-state index contributed by atoms with van der Waals surface area (Å²) < 4.78 is 53.5. The molecule has 1 heterocycles. The van der Waals surface area contributed by atoms with Gasteiger partial charge in [0, 0.05) is 38.9 Å². The van der Waals surface area contributed by atoms with Crippen molar-refractivity contribution in [2.75, 3.05) is 37.4 Å². The van der Waals surface area contributed by atoms with Crippen LogP contribution in [0.1, 0.15) is 29.6 Å². The summed E-state index contributed by atoms with van der Waals surface area (Å²) in [6.45, 7) is 1.46. The molecule has 0 aliphatic carbocycles. The Labute approximate surface area is 169 Å². The van der Waals surface area contributed by atoms with E-state index in [1.807, 2.05) is 4.90 Å². The van der Waals surface area contributed by atoms with Gasteiger partial charge in [-0.1, -0.05) is 0 Å². The van der Waals surface area contributed by atoms with Crippen molar-refractivity contribution < 1.29 is 22.0 Å². The number of hydrogen-bond donors (Lipinski definition) is 1. The maximum atomic E-state index is 14.0. The highest BCUT2D eigenvalue weighted by Gasteiger charge is 2.24. The van der Waals surface area contributed by atoms with Crippen molar-refractivity contribution in [1.29, 1.82) is 0 Å². The van der Waals surface area contributed by atoms with Gasteiger partial charge in [0.1, 0.15) is 11.6 Å². The number of piperidine rings is 1. The number of halogens is 2. The molecular weight excluding hydrogens is 400 g/mol. The van der Waals surface area contributed by atoms with Crippen molar-refractivity contribution in [3.05, 3.63) is 53.6 Å². The van der Waals surface area contributed by atoms with Crippen LogP contribution in [0.5, 0.6) is 0 Å². The highest BCUT2D eigenvalue weighted by atomic mass is 32.2. The summed E-state index contributed by atoms with van der Waals surface area (Å²) in [4.78, 5) is 14.9. The molecule has 3 rings (SSSR count). The van der Waals surface area contributed by atoms with E-state index in [2.05, 4.69) is 5.32 Å². The average Bonchev–Trinajstić information content (AvgIpc) is 2.70. The summed E-state index contributed by atoms with van der Waals surface area (Å²) in [5.41, 5.74) is 0.357. The Morgan fingerprint density at radius 2 is 1.72 bits per heavy atom. The summed E-state index contributed by atoms with van der Waals surface area (Å²) in [6.07, 6.45) is 2.99. The Morgan fingerprint density at radius 3 is 2.38 bits per heavy atom. The van der Waals surface area contributed by atoms with Gasteiger partial charge in [0.15, 0.2) is 0 Å². The molecule has 0 atom stereocenters. The van der Waals surface area contributed by atoms with Gasteiger partial charge >= 0.3 is 0 Å². The molecule has 6 nitrogen and oxygen atoms in total.